The van der Waals surface area contributed by atoms with E-state index in [-0.39, 0.29) is 0 Å². The molecule has 0 radical (unpaired) electrons. The highest BCUT2D eigenvalue weighted by Crippen LogP contribution is 2.58. The topological polar surface area (TPSA) is 51.8 Å². The second-order valence-corrected chi connectivity index (χ2v) is 20.4. The van der Waals surface area contributed by atoms with E-state index < -0.39 is 5.41 Å². The average Bonchev–Trinajstić information content (AvgIpc) is 4.28. The predicted octanol–water partition coefficient (Wildman–Crippen LogP) is 18.5. The van der Waals surface area contributed by atoms with Crippen LogP contribution in [0.3, 0.4) is 0 Å². The van der Waals surface area contributed by atoms with E-state index in [4.69, 9.17) is 19.4 Å². The van der Waals surface area contributed by atoms with Crippen molar-refractivity contribution in [3.8, 4) is 78.7 Å². The van der Waals surface area contributed by atoms with E-state index in [1.807, 2.05) is 18.2 Å². The van der Waals surface area contributed by atoms with Crippen molar-refractivity contribution in [2.45, 2.75) is 5.41 Å². The first-order valence-corrected chi connectivity index (χ1v) is 26.2. The summed E-state index contributed by atoms with van der Waals surface area (Å²) in [4.78, 5) is 15.9. The van der Waals surface area contributed by atoms with Gasteiger partial charge in [0.1, 0.15) is 11.2 Å². The molecule has 0 amide bonds. The molecule has 1 aliphatic rings. The van der Waals surface area contributed by atoms with Gasteiger partial charge < -0.3 is 4.42 Å². The summed E-state index contributed by atoms with van der Waals surface area (Å²) >= 11 is 1.78. The molecule has 350 valence electrons. The molecule has 0 saturated carbocycles. The molecule has 3 aromatic heterocycles. The summed E-state index contributed by atoms with van der Waals surface area (Å²) in [5.74, 6) is 1.82. The van der Waals surface area contributed by atoms with E-state index >= 15 is 0 Å². The van der Waals surface area contributed by atoms with E-state index in [1.54, 1.807) is 11.3 Å². The molecule has 0 atom stereocenters. The molecule has 14 aromatic rings. The second-order valence-electron chi connectivity index (χ2n) is 19.4. The Morgan fingerprint density at radius 2 is 0.840 bits per heavy atom. The zero-order valence-electron chi connectivity index (χ0n) is 40.5. The van der Waals surface area contributed by atoms with Gasteiger partial charge in [0.2, 0.25) is 0 Å². The molecule has 5 heteroatoms. The van der Waals surface area contributed by atoms with Crippen molar-refractivity contribution in [3.63, 3.8) is 0 Å². The monoisotopic (exact) mass is 973 g/mol. The molecule has 0 saturated heterocycles. The van der Waals surface area contributed by atoms with Gasteiger partial charge in [-0.1, -0.05) is 231 Å². The summed E-state index contributed by atoms with van der Waals surface area (Å²) in [5.41, 5.74) is 18.4. The van der Waals surface area contributed by atoms with Gasteiger partial charge in [0.15, 0.2) is 17.5 Å². The van der Waals surface area contributed by atoms with Crippen LogP contribution in [-0.4, -0.2) is 15.0 Å². The molecule has 0 spiro atoms. The van der Waals surface area contributed by atoms with Crippen LogP contribution in [-0.2, 0) is 5.41 Å². The minimum atomic E-state index is -0.460. The lowest BCUT2D eigenvalue weighted by Crippen LogP contribution is -2.28. The number of hydrogen-bond acceptors (Lipinski definition) is 5. The lowest BCUT2D eigenvalue weighted by molar-refractivity contribution is 0.669. The maximum Gasteiger partial charge on any atom is 0.165 e. The Labute approximate surface area is 437 Å². The van der Waals surface area contributed by atoms with Crippen LogP contribution >= 0.6 is 11.3 Å². The minimum Gasteiger partial charge on any atom is -0.456 e. The van der Waals surface area contributed by atoms with E-state index in [9.17, 15) is 0 Å². The molecule has 75 heavy (non-hydrogen) atoms. The Balaban J connectivity index is 0.852. The Hall–Kier alpha value is -9.55. The normalized spacial score (nSPS) is 12.6. The van der Waals surface area contributed by atoms with Gasteiger partial charge in [-0.25, -0.2) is 15.0 Å². The SMILES string of the molecule is c1ccc(-c2ccc(-c3nc(-c4cccc5c4sc4ccccc45)nc(-c4cccc5oc6ccc(-c7ccc(-c8cccc9c8-c8ccccc8C9(c8ccccc8)c8ccccc8)cc7)cc6c45)n3)cc2)cc1. The van der Waals surface area contributed by atoms with E-state index in [0.29, 0.717) is 17.5 Å². The predicted molar refractivity (Wildman–Crippen MR) is 310 cm³/mol. The molecule has 0 N–H and O–H groups in total. The van der Waals surface area contributed by atoms with Gasteiger partial charge in [-0.2, -0.15) is 0 Å². The maximum atomic E-state index is 6.64. The van der Waals surface area contributed by atoms with Gasteiger partial charge in [-0.05, 0) is 97.1 Å². The van der Waals surface area contributed by atoms with Crippen molar-refractivity contribution in [2.24, 2.45) is 0 Å². The highest BCUT2D eigenvalue weighted by molar-refractivity contribution is 7.26. The van der Waals surface area contributed by atoms with Crippen molar-refractivity contribution in [1.29, 1.82) is 0 Å². The highest BCUT2D eigenvalue weighted by atomic mass is 32.1. The van der Waals surface area contributed by atoms with Crippen LogP contribution in [0, 0.1) is 0 Å². The van der Waals surface area contributed by atoms with Gasteiger partial charge >= 0.3 is 0 Å². The molecule has 11 aromatic carbocycles. The zero-order chi connectivity index (χ0) is 49.5. The molecule has 3 heterocycles. The third kappa shape index (κ3) is 6.86. The summed E-state index contributed by atoms with van der Waals surface area (Å²) < 4.78 is 9.02. The fourth-order valence-electron chi connectivity index (χ4n) is 11.9. The van der Waals surface area contributed by atoms with Crippen molar-refractivity contribution in [1.82, 2.24) is 15.0 Å². The van der Waals surface area contributed by atoms with Gasteiger partial charge in [0, 0.05) is 47.6 Å². The molecular formula is C70H43N3OS. The fraction of sp³-hybridized carbons (Fsp3) is 0.0143. The summed E-state index contributed by atoms with van der Waals surface area (Å²) in [7, 11) is 0. The molecule has 1 aliphatic carbocycles. The van der Waals surface area contributed by atoms with Crippen LogP contribution in [0.5, 0.6) is 0 Å². The first-order valence-electron chi connectivity index (χ1n) is 25.4. The zero-order valence-corrected chi connectivity index (χ0v) is 41.3. The molecular weight excluding hydrogens is 931 g/mol. The number of rotatable bonds is 8. The molecule has 0 bridgehead atoms. The summed E-state index contributed by atoms with van der Waals surface area (Å²) in [6.45, 7) is 0. The lowest BCUT2D eigenvalue weighted by atomic mass is 9.67. The third-order valence-electron chi connectivity index (χ3n) is 15.3. The number of aromatic nitrogens is 3. The number of hydrogen-bond donors (Lipinski definition) is 0. The van der Waals surface area contributed by atoms with Gasteiger partial charge in [0.25, 0.3) is 0 Å². The molecule has 15 rings (SSSR count). The quantitative estimate of drug-likeness (QED) is 0.152. The van der Waals surface area contributed by atoms with Crippen LogP contribution in [0.25, 0.3) is 121 Å². The standard InChI is InChI=1S/C70H43N3OS/c1-4-17-44(18-5-1)45-35-39-48(40-36-45)67-71-68(73-69(72-67)57-28-14-26-54-53-23-11-13-32-63(53)75-66(54)57)56-27-16-31-62-65(56)58-43-49(41-42-61(58)74-62)46-33-37-47(38-34-46)52-25-15-30-60-64(52)55-24-10-12-29-59(55)70(60,50-19-6-2-7-20-50)51-21-8-3-9-22-51/h1-43H. The van der Waals surface area contributed by atoms with Crippen molar-refractivity contribution >= 4 is 53.4 Å². The average molecular weight is 974 g/mol. The maximum absolute atomic E-state index is 6.64. The van der Waals surface area contributed by atoms with Crippen molar-refractivity contribution < 1.29 is 4.42 Å². The Bertz CT molecular complexity index is 4470. The summed E-state index contributed by atoms with van der Waals surface area (Å²) in [5, 5.41) is 4.39. The van der Waals surface area contributed by atoms with E-state index in [2.05, 4.69) is 243 Å². The lowest BCUT2D eigenvalue weighted by Gasteiger charge is -2.34. The Kier molecular flexibility index (Phi) is 9.94. The smallest absolute Gasteiger partial charge is 0.165 e. The largest absolute Gasteiger partial charge is 0.456 e. The minimum absolute atomic E-state index is 0.460. The van der Waals surface area contributed by atoms with Crippen LogP contribution in [0.1, 0.15) is 22.3 Å². The number of nitrogens with zero attached hydrogens (tertiary/aromatic N) is 3. The summed E-state index contributed by atoms with van der Waals surface area (Å²) in [6, 6.07) is 93.5. The first kappa shape index (κ1) is 43.1. The van der Waals surface area contributed by atoms with Gasteiger partial charge in [-0.15, -0.1) is 11.3 Å². The Morgan fingerprint density at radius 1 is 0.320 bits per heavy atom. The number of benzene rings is 11. The third-order valence-corrected chi connectivity index (χ3v) is 16.5. The number of furan rings is 1. The molecule has 0 aliphatic heterocycles. The van der Waals surface area contributed by atoms with Gasteiger partial charge in [-0.3, -0.25) is 0 Å². The number of fused-ring (bicyclic) bond motifs is 9. The van der Waals surface area contributed by atoms with Gasteiger partial charge in [0.05, 0.1) is 5.41 Å². The summed E-state index contributed by atoms with van der Waals surface area (Å²) in [6.07, 6.45) is 0. The van der Waals surface area contributed by atoms with E-state index in [1.165, 1.54) is 60.0 Å². The van der Waals surface area contributed by atoms with Crippen molar-refractivity contribution in [3.05, 3.63) is 283 Å². The number of thiophene rings is 1. The van der Waals surface area contributed by atoms with Crippen LogP contribution in [0.4, 0.5) is 0 Å². The fourth-order valence-corrected chi connectivity index (χ4v) is 13.1. The first-order chi connectivity index (χ1) is 37.2. The van der Waals surface area contributed by atoms with Crippen LogP contribution < -0.4 is 0 Å². The van der Waals surface area contributed by atoms with Crippen molar-refractivity contribution in [2.75, 3.05) is 0 Å². The van der Waals surface area contributed by atoms with Crippen LogP contribution in [0.15, 0.2) is 265 Å². The molecule has 0 fully saturated rings. The van der Waals surface area contributed by atoms with E-state index in [0.717, 1.165) is 65.6 Å². The second kappa shape index (κ2) is 17.3. The molecule has 0 unspecified atom stereocenters. The van der Waals surface area contributed by atoms with Crippen LogP contribution in [0.2, 0.25) is 0 Å². The molecule has 4 nitrogen and oxygen atoms in total. The highest BCUT2D eigenvalue weighted by Gasteiger charge is 2.46. The Morgan fingerprint density at radius 3 is 1.61 bits per heavy atom.